The number of rotatable bonds is 20. The molecular weight excluding hydrogens is 374 g/mol. The van der Waals surface area contributed by atoms with Crippen molar-refractivity contribution in [2.45, 2.75) is 103 Å². The van der Waals surface area contributed by atoms with Crippen molar-refractivity contribution in [1.29, 1.82) is 0 Å². The van der Waals surface area contributed by atoms with Crippen LogP contribution in [0.15, 0.2) is 29.5 Å². The summed E-state index contributed by atoms with van der Waals surface area (Å²) in [6.07, 6.45) is 27.5. The lowest BCUT2D eigenvalue weighted by Gasteiger charge is -2.30. The highest BCUT2D eigenvalue weighted by atomic mass is 16.4. The Bertz CT molecular complexity index is 543. The fraction of sp³-hybridized carbons (Fsp3) is 0.760. The molecule has 0 aromatic carbocycles. The molecule has 0 radical (unpaired) electrons. The molecule has 5 heteroatoms. The monoisotopic (exact) mass is 420 g/mol. The highest BCUT2D eigenvalue weighted by molar-refractivity contribution is 5.81. The smallest absolute Gasteiger partial charge is 0.360 e. The molecule has 0 spiro atoms. The van der Waals surface area contributed by atoms with Gasteiger partial charge in [0, 0.05) is 13.0 Å². The predicted octanol–water partition coefficient (Wildman–Crippen LogP) is 6.16. The molecule has 1 aliphatic rings. The van der Waals surface area contributed by atoms with Crippen molar-refractivity contribution in [3.8, 4) is 0 Å². The van der Waals surface area contributed by atoms with E-state index in [1.807, 2.05) is 6.20 Å². The van der Waals surface area contributed by atoms with Crippen LogP contribution in [0.1, 0.15) is 103 Å². The van der Waals surface area contributed by atoms with Crippen molar-refractivity contribution in [1.82, 2.24) is 0 Å². The maximum absolute atomic E-state index is 11.2. The Morgan fingerprint density at radius 1 is 0.967 bits per heavy atom. The molecule has 30 heavy (non-hydrogen) atoms. The molecule has 0 bridgehead atoms. The Morgan fingerprint density at radius 3 is 2.10 bits per heavy atom. The van der Waals surface area contributed by atoms with Crippen molar-refractivity contribution in [2.24, 2.45) is 10.7 Å². The van der Waals surface area contributed by atoms with E-state index in [-0.39, 0.29) is 11.0 Å². The van der Waals surface area contributed by atoms with Crippen molar-refractivity contribution >= 4 is 11.8 Å². The van der Waals surface area contributed by atoms with Gasteiger partial charge < -0.3 is 10.8 Å². The first-order chi connectivity index (χ1) is 14.6. The van der Waals surface area contributed by atoms with Gasteiger partial charge in [0.1, 0.15) is 12.7 Å². The lowest BCUT2D eigenvalue weighted by Crippen LogP contribution is -2.52. The van der Waals surface area contributed by atoms with Crippen LogP contribution < -0.4 is 5.73 Å². The van der Waals surface area contributed by atoms with Gasteiger partial charge in [-0.1, -0.05) is 89.7 Å². The van der Waals surface area contributed by atoms with Gasteiger partial charge in [0.15, 0.2) is 6.54 Å². The number of unbranched alkanes of at least 4 members (excludes halogenated alkanes) is 12. The van der Waals surface area contributed by atoms with Gasteiger partial charge in [-0.25, -0.2) is 14.3 Å². The van der Waals surface area contributed by atoms with Crippen LogP contribution >= 0.6 is 0 Å². The quantitative estimate of drug-likeness (QED) is 0.141. The highest BCUT2D eigenvalue weighted by Gasteiger charge is 2.36. The van der Waals surface area contributed by atoms with Crippen LogP contribution in [0, 0.1) is 0 Å². The van der Waals surface area contributed by atoms with Crippen LogP contribution in [0.3, 0.4) is 0 Å². The summed E-state index contributed by atoms with van der Waals surface area (Å²) >= 11 is 0. The summed E-state index contributed by atoms with van der Waals surface area (Å²) < 4.78 is 0.276. The average molecular weight is 421 g/mol. The van der Waals surface area contributed by atoms with E-state index in [9.17, 15) is 9.90 Å². The Labute approximate surface area is 184 Å². The number of aliphatic carboxylic acids is 1. The van der Waals surface area contributed by atoms with Crippen molar-refractivity contribution < 1.29 is 14.4 Å². The molecule has 5 nitrogen and oxygen atoms in total. The minimum absolute atomic E-state index is 0.0229. The molecule has 1 atom stereocenters. The number of quaternary nitrogens is 1. The first-order valence-corrected chi connectivity index (χ1v) is 12.3. The van der Waals surface area contributed by atoms with Crippen LogP contribution in [0.2, 0.25) is 0 Å². The lowest BCUT2D eigenvalue weighted by molar-refractivity contribution is -0.778. The summed E-state index contributed by atoms with van der Waals surface area (Å²) in [5, 5.41) is 9.24. The number of nitrogens with two attached hydrogens (primary N) is 1. The summed E-state index contributed by atoms with van der Waals surface area (Å²) in [7, 11) is 0. The van der Waals surface area contributed by atoms with Gasteiger partial charge >= 0.3 is 5.97 Å². The zero-order chi connectivity index (χ0) is 21.9. The van der Waals surface area contributed by atoms with E-state index in [0.29, 0.717) is 13.1 Å². The van der Waals surface area contributed by atoms with Crippen molar-refractivity contribution in [2.75, 3.05) is 19.6 Å². The Morgan fingerprint density at radius 2 is 1.53 bits per heavy atom. The van der Waals surface area contributed by atoms with Gasteiger partial charge in [0.2, 0.25) is 5.84 Å². The number of aliphatic imine (C=N–C) groups is 1. The Hall–Kier alpha value is -1.46. The normalized spacial score (nSPS) is 18.4. The summed E-state index contributed by atoms with van der Waals surface area (Å²) in [6, 6.07) is 0. The number of nitrogens with zero attached hydrogens (tertiary/aromatic N) is 2. The number of carboxylic acids is 1. The van der Waals surface area contributed by atoms with E-state index in [2.05, 4.69) is 24.1 Å². The lowest BCUT2D eigenvalue weighted by atomic mass is 10.0. The second-order valence-corrected chi connectivity index (χ2v) is 8.63. The minimum atomic E-state index is -0.815. The predicted molar refractivity (Wildman–Crippen MR) is 127 cm³/mol. The van der Waals surface area contributed by atoms with Crippen LogP contribution in [0.5, 0.6) is 0 Å². The molecule has 0 amide bonds. The molecular formula is C25H46N3O2+. The van der Waals surface area contributed by atoms with E-state index in [4.69, 9.17) is 5.73 Å². The average Bonchev–Trinajstić information content (AvgIpc) is 3.09. The number of carbonyl (C=O) groups is 1. The maximum atomic E-state index is 11.2. The fourth-order valence-corrected chi connectivity index (χ4v) is 4.18. The van der Waals surface area contributed by atoms with Gasteiger partial charge in [-0.05, 0) is 19.3 Å². The summed E-state index contributed by atoms with van der Waals surface area (Å²) in [5.74, 6) is 0.100. The zero-order valence-corrected chi connectivity index (χ0v) is 19.4. The molecule has 0 aromatic rings. The molecule has 0 saturated heterocycles. The van der Waals surface area contributed by atoms with Crippen molar-refractivity contribution in [3.63, 3.8) is 0 Å². The second-order valence-electron chi connectivity index (χ2n) is 8.63. The number of hydrogen-bond donors (Lipinski definition) is 2. The maximum Gasteiger partial charge on any atom is 0.360 e. The first-order valence-electron chi connectivity index (χ1n) is 12.3. The number of amidine groups is 1. The number of hydrogen-bond acceptors (Lipinski definition) is 3. The third-order valence-electron chi connectivity index (χ3n) is 5.96. The Kier molecular flexibility index (Phi) is 15.3. The summed E-state index contributed by atoms with van der Waals surface area (Å²) in [5.41, 5.74) is 5.71. The molecule has 0 saturated carbocycles. The largest absolute Gasteiger partial charge is 0.477 e. The van der Waals surface area contributed by atoms with E-state index >= 15 is 0 Å². The molecule has 1 heterocycles. The molecule has 0 fully saturated rings. The fourth-order valence-electron chi connectivity index (χ4n) is 4.18. The van der Waals surface area contributed by atoms with Gasteiger partial charge in [-0.15, -0.1) is 0 Å². The molecule has 3 N–H and O–H groups in total. The van der Waals surface area contributed by atoms with Crippen LogP contribution in [0.4, 0.5) is 0 Å². The minimum Gasteiger partial charge on any atom is -0.477 e. The van der Waals surface area contributed by atoms with Gasteiger partial charge in [-0.3, -0.25) is 0 Å². The van der Waals surface area contributed by atoms with Crippen LogP contribution in [0.25, 0.3) is 0 Å². The highest BCUT2D eigenvalue weighted by Crippen LogP contribution is 2.20. The third-order valence-corrected chi connectivity index (χ3v) is 5.96. The second kappa shape index (κ2) is 17.2. The van der Waals surface area contributed by atoms with Crippen molar-refractivity contribution in [3.05, 3.63) is 24.6 Å². The third kappa shape index (κ3) is 11.7. The van der Waals surface area contributed by atoms with Crippen LogP contribution in [-0.4, -0.2) is 41.0 Å². The van der Waals surface area contributed by atoms with Gasteiger partial charge in [-0.2, -0.15) is 0 Å². The van der Waals surface area contributed by atoms with Gasteiger partial charge in [0.25, 0.3) is 0 Å². The molecule has 1 aliphatic heterocycles. The van der Waals surface area contributed by atoms with E-state index in [1.165, 1.54) is 77.0 Å². The summed E-state index contributed by atoms with van der Waals surface area (Å²) in [6.45, 7) is 3.33. The van der Waals surface area contributed by atoms with E-state index < -0.39 is 5.97 Å². The van der Waals surface area contributed by atoms with E-state index in [0.717, 1.165) is 25.1 Å². The zero-order valence-electron chi connectivity index (χ0n) is 19.4. The SMILES string of the molecule is CCCCCCCCCCCCCC/C=C/CCC1=NC=C[N+]1(CCN)CC(=O)O. The molecule has 172 valence electrons. The molecule has 0 aromatic heterocycles. The number of allylic oxidation sites excluding steroid dienone is 2. The molecule has 1 rings (SSSR count). The summed E-state index contributed by atoms with van der Waals surface area (Å²) in [4.78, 5) is 15.7. The first kappa shape index (κ1) is 26.6. The molecule has 1 unspecified atom stereocenters. The van der Waals surface area contributed by atoms with Crippen LogP contribution in [-0.2, 0) is 4.79 Å². The Balaban J connectivity index is 2.02. The standard InChI is InChI=1S/C25H45N3O2/c1-2-3-4-5-6-7-8-9-10-11-12-13-14-15-16-17-18-24-27-20-22-28(24,21-19-26)23-25(29)30/h15-16,20,22H,2-14,17-19,21,23,26H2,1H3/p+1/b16-15+. The molecule has 0 aliphatic carbocycles. The number of carboxylic acid groups (broad SMARTS) is 1. The topological polar surface area (TPSA) is 75.7 Å². The van der Waals surface area contributed by atoms with E-state index in [1.54, 1.807) is 6.20 Å². The van der Waals surface area contributed by atoms with Gasteiger partial charge in [0.05, 0.1) is 6.20 Å².